The summed E-state index contributed by atoms with van der Waals surface area (Å²) in [6.07, 6.45) is 0. The molecule has 4 nitrogen and oxygen atoms in total. The number of carbonyl (C=O) groups is 1. The van der Waals surface area contributed by atoms with Crippen molar-refractivity contribution >= 4 is 11.6 Å². The fourth-order valence-corrected chi connectivity index (χ4v) is 1.62. The van der Waals surface area contributed by atoms with E-state index < -0.39 is 5.91 Å². The van der Waals surface area contributed by atoms with Gasteiger partial charge in [-0.3, -0.25) is 4.79 Å². The molecule has 0 radical (unpaired) electrons. The summed E-state index contributed by atoms with van der Waals surface area (Å²) < 4.78 is 12.8. The number of nitrogens with one attached hydrogen (secondary N) is 1. The van der Waals surface area contributed by atoms with Crippen LogP contribution in [-0.2, 0) is 0 Å². The Kier molecular flexibility index (Phi) is 4.10. The van der Waals surface area contributed by atoms with E-state index >= 15 is 0 Å². The van der Waals surface area contributed by atoms with E-state index in [9.17, 15) is 14.3 Å². The molecule has 0 bridgehead atoms. The number of hydrogen-bond donors (Lipinski definition) is 2. The lowest BCUT2D eigenvalue weighted by molar-refractivity contribution is 0.0952. The molecule has 0 aliphatic rings. The van der Waals surface area contributed by atoms with Crippen LogP contribution in [0.1, 0.15) is 22.8 Å². The molecule has 0 aromatic heterocycles. The Balaban J connectivity index is 2.11. The second kappa shape index (κ2) is 5.97. The van der Waals surface area contributed by atoms with Crippen LogP contribution in [0.5, 0.6) is 5.75 Å². The molecule has 0 saturated heterocycles. The predicted octanol–water partition coefficient (Wildman–Crippen LogP) is 2.69. The number of hydrazone groups is 1. The molecule has 2 aromatic rings. The first-order valence-corrected chi connectivity index (χ1v) is 5.96. The third-order valence-electron chi connectivity index (χ3n) is 2.74. The number of para-hydroxylation sites is 1. The zero-order chi connectivity index (χ0) is 14.5. The summed E-state index contributed by atoms with van der Waals surface area (Å²) in [5.41, 5.74) is 3.72. The Labute approximate surface area is 115 Å². The summed E-state index contributed by atoms with van der Waals surface area (Å²) in [5.74, 6) is -0.955. The van der Waals surface area contributed by atoms with Crippen LogP contribution in [0.25, 0.3) is 0 Å². The van der Waals surface area contributed by atoms with Crippen molar-refractivity contribution in [1.82, 2.24) is 5.43 Å². The first-order chi connectivity index (χ1) is 9.58. The molecule has 0 fully saturated rings. The number of rotatable bonds is 3. The molecular formula is C15H13FN2O2. The molecule has 0 aliphatic heterocycles. The molecule has 0 atom stereocenters. The maximum Gasteiger partial charge on any atom is 0.275 e. The zero-order valence-corrected chi connectivity index (χ0v) is 10.8. The number of halogens is 1. The van der Waals surface area contributed by atoms with E-state index in [1.54, 1.807) is 31.2 Å². The van der Waals surface area contributed by atoms with Crippen molar-refractivity contribution in [1.29, 1.82) is 0 Å². The molecule has 1 amide bonds. The minimum absolute atomic E-state index is 0.111. The summed E-state index contributed by atoms with van der Waals surface area (Å²) in [4.78, 5) is 11.8. The van der Waals surface area contributed by atoms with Crippen molar-refractivity contribution in [3.05, 3.63) is 65.5 Å². The van der Waals surface area contributed by atoms with Crippen molar-refractivity contribution in [3.8, 4) is 5.75 Å². The Bertz CT molecular complexity index is 651. The fraction of sp³-hybridized carbons (Fsp3) is 0.0667. The molecule has 102 valence electrons. The number of hydrogen-bond acceptors (Lipinski definition) is 3. The van der Waals surface area contributed by atoms with Gasteiger partial charge in [-0.1, -0.05) is 24.3 Å². The first kappa shape index (κ1) is 13.7. The van der Waals surface area contributed by atoms with Crippen LogP contribution in [-0.4, -0.2) is 16.7 Å². The van der Waals surface area contributed by atoms with Gasteiger partial charge < -0.3 is 5.11 Å². The summed E-state index contributed by atoms with van der Waals surface area (Å²) in [6, 6.07) is 12.0. The van der Waals surface area contributed by atoms with E-state index in [-0.39, 0.29) is 17.1 Å². The van der Waals surface area contributed by atoms with Gasteiger partial charge in [0.2, 0.25) is 0 Å². The summed E-state index contributed by atoms with van der Waals surface area (Å²) >= 11 is 0. The number of phenolic OH excluding ortho intramolecular Hbond substituents is 1. The molecule has 2 aromatic carbocycles. The lowest BCUT2D eigenvalue weighted by Crippen LogP contribution is -2.19. The van der Waals surface area contributed by atoms with Crippen molar-refractivity contribution in [2.24, 2.45) is 5.10 Å². The molecular weight excluding hydrogens is 259 g/mol. The fourth-order valence-electron chi connectivity index (χ4n) is 1.62. The monoisotopic (exact) mass is 272 g/mol. The lowest BCUT2D eigenvalue weighted by atomic mass is 10.1. The van der Waals surface area contributed by atoms with Crippen LogP contribution in [0.4, 0.5) is 4.39 Å². The van der Waals surface area contributed by atoms with Crippen molar-refractivity contribution in [2.75, 3.05) is 0 Å². The van der Waals surface area contributed by atoms with Crippen molar-refractivity contribution in [3.63, 3.8) is 0 Å². The van der Waals surface area contributed by atoms with Gasteiger partial charge in [-0.2, -0.15) is 5.10 Å². The third kappa shape index (κ3) is 3.20. The van der Waals surface area contributed by atoms with Crippen molar-refractivity contribution in [2.45, 2.75) is 6.92 Å². The topological polar surface area (TPSA) is 61.7 Å². The Morgan fingerprint density at radius 2 is 1.80 bits per heavy atom. The normalized spacial score (nSPS) is 11.2. The van der Waals surface area contributed by atoms with Crippen LogP contribution in [0, 0.1) is 5.82 Å². The number of benzene rings is 2. The quantitative estimate of drug-likeness (QED) is 0.666. The van der Waals surface area contributed by atoms with Gasteiger partial charge in [0, 0.05) is 0 Å². The molecule has 0 aliphatic carbocycles. The van der Waals surface area contributed by atoms with Gasteiger partial charge in [0.25, 0.3) is 5.91 Å². The predicted molar refractivity (Wildman–Crippen MR) is 74.2 cm³/mol. The average molecular weight is 272 g/mol. The summed E-state index contributed by atoms with van der Waals surface area (Å²) in [7, 11) is 0. The smallest absolute Gasteiger partial charge is 0.275 e. The standard InChI is InChI=1S/C15H13FN2O2/c1-10(11-6-8-12(16)9-7-11)17-18-15(20)13-4-2-3-5-14(13)19/h2-9,19H,1H3,(H,18,20). The summed E-state index contributed by atoms with van der Waals surface area (Å²) in [5, 5.41) is 13.5. The largest absolute Gasteiger partial charge is 0.507 e. The average Bonchev–Trinajstić information content (AvgIpc) is 2.45. The number of amides is 1. The van der Waals surface area contributed by atoms with Crippen LogP contribution >= 0.6 is 0 Å². The van der Waals surface area contributed by atoms with Crippen LogP contribution in [0.2, 0.25) is 0 Å². The number of phenols is 1. The van der Waals surface area contributed by atoms with E-state index in [4.69, 9.17) is 0 Å². The molecule has 5 heteroatoms. The minimum Gasteiger partial charge on any atom is -0.507 e. The molecule has 0 spiro atoms. The minimum atomic E-state index is -0.510. The van der Waals surface area contributed by atoms with Crippen LogP contribution < -0.4 is 5.43 Å². The van der Waals surface area contributed by atoms with Gasteiger partial charge in [0.15, 0.2) is 0 Å². The highest BCUT2D eigenvalue weighted by Crippen LogP contribution is 2.15. The number of aromatic hydroxyl groups is 1. The number of carbonyl (C=O) groups excluding carboxylic acids is 1. The maximum atomic E-state index is 12.8. The first-order valence-electron chi connectivity index (χ1n) is 5.96. The Morgan fingerprint density at radius 1 is 1.15 bits per heavy atom. The molecule has 2 rings (SSSR count). The molecule has 0 unspecified atom stereocenters. The van der Waals surface area contributed by atoms with E-state index in [0.717, 1.165) is 0 Å². The highest BCUT2D eigenvalue weighted by molar-refractivity contribution is 6.01. The van der Waals surface area contributed by atoms with Gasteiger partial charge >= 0.3 is 0 Å². The van der Waals surface area contributed by atoms with Crippen LogP contribution in [0.3, 0.4) is 0 Å². The second-order valence-corrected chi connectivity index (χ2v) is 4.16. The van der Waals surface area contributed by atoms with Gasteiger partial charge in [-0.25, -0.2) is 9.82 Å². The SMILES string of the molecule is CC(=NNC(=O)c1ccccc1O)c1ccc(F)cc1. The van der Waals surface area contributed by atoms with Gasteiger partial charge in [0.05, 0.1) is 11.3 Å². The third-order valence-corrected chi connectivity index (χ3v) is 2.74. The van der Waals surface area contributed by atoms with Gasteiger partial charge in [-0.15, -0.1) is 0 Å². The highest BCUT2D eigenvalue weighted by atomic mass is 19.1. The van der Waals surface area contributed by atoms with Gasteiger partial charge in [0.1, 0.15) is 11.6 Å². The highest BCUT2D eigenvalue weighted by Gasteiger charge is 2.09. The van der Waals surface area contributed by atoms with Crippen LogP contribution in [0.15, 0.2) is 53.6 Å². The Morgan fingerprint density at radius 3 is 2.45 bits per heavy atom. The molecule has 20 heavy (non-hydrogen) atoms. The lowest BCUT2D eigenvalue weighted by Gasteiger charge is -2.04. The second-order valence-electron chi connectivity index (χ2n) is 4.16. The van der Waals surface area contributed by atoms with E-state index in [1.165, 1.54) is 24.3 Å². The van der Waals surface area contributed by atoms with Gasteiger partial charge in [-0.05, 0) is 36.8 Å². The van der Waals surface area contributed by atoms with E-state index in [2.05, 4.69) is 10.5 Å². The summed E-state index contributed by atoms with van der Waals surface area (Å²) in [6.45, 7) is 1.69. The van der Waals surface area contributed by atoms with E-state index in [1.807, 2.05) is 0 Å². The van der Waals surface area contributed by atoms with Crippen molar-refractivity contribution < 1.29 is 14.3 Å². The Hall–Kier alpha value is -2.69. The van der Waals surface area contributed by atoms with E-state index in [0.29, 0.717) is 11.3 Å². The maximum absolute atomic E-state index is 12.8. The molecule has 2 N–H and O–H groups in total. The number of nitrogens with zero attached hydrogens (tertiary/aromatic N) is 1. The zero-order valence-electron chi connectivity index (χ0n) is 10.8. The molecule has 0 saturated carbocycles. The molecule has 0 heterocycles.